The van der Waals surface area contributed by atoms with Gasteiger partial charge in [0.1, 0.15) is 0 Å². The van der Waals surface area contributed by atoms with E-state index in [0.717, 1.165) is 17.1 Å². The Hall–Kier alpha value is -0.490. The number of thiazole rings is 1. The number of nitrogens with one attached hydrogen (secondary N) is 1. The van der Waals surface area contributed by atoms with Crippen LogP contribution in [0.3, 0.4) is 0 Å². The van der Waals surface area contributed by atoms with Crippen molar-refractivity contribution < 1.29 is 10.2 Å². The van der Waals surface area contributed by atoms with E-state index in [1.165, 1.54) is 0 Å². The van der Waals surface area contributed by atoms with Crippen LogP contribution in [0.15, 0.2) is 5.38 Å². The molecule has 0 fully saturated rings. The molecule has 0 radical (unpaired) electrons. The Bertz CT molecular complexity index is 265. The molecule has 0 bridgehead atoms. The smallest absolute Gasteiger partial charge is 0.0926 e. The summed E-state index contributed by atoms with van der Waals surface area (Å²) < 4.78 is 0. The van der Waals surface area contributed by atoms with E-state index >= 15 is 0 Å². The van der Waals surface area contributed by atoms with Crippen LogP contribution in [0.2, 0.25) is 0 Å². The zero-order chi connectivity index (χ0) is 10.4. The van der Waals surface area contributed by atoms with E-state index in [9.17, 15) is 0 Å². The Morgan fingerprint density at radius 3 is 3.00 bits per heavy atom. The highest BCUT2D eigenvalue weighted by Gasteiger charge is 2.02. The molecule has 1 rings (SSSR count). The number of hydrogen-bond donors (Lipinski definition) is 3. The fourth-order valence-electron chi connectivity index (χ4n) is 1.02. The number of nitrogens with zero attached hydrogens (tertiary/aromatic N) is 1. The molecule has 5 heteroatoms. The largest absolute Gasteiger partial charge is 0.394 e. The molecule has 0 spiro atoms. The fourth-order valence-corrected chi connectivity index (χ4v) is 1.77. The van der Waals surface area contributed by atoms with Gasteiger partial charge < -0.3 is 15.5 Å². The predicted octanol–water partition coefficient (Wildman–Crippen LogP) is 0.148. The van der Waals surface area contributed by atoms with Crippen LogP contribution in [0.4, 0.5) is 0 Å². The number of aromatic nitrogens is 1. The number of aliphatic hydroxyl groups excluding tert-OH is 2. The lowest BCUT2D eigenvalue weighted by atomic mass is 10.3. The van der Waals surface area contributed by atoms with Crippen LogP contribution in [0, 0.1) is 0 Å². The van der Waals surface area contributed by atoms with Gasteiger partial charge in [-0.3, -0.25) is 0 Å². The molecule has 14 heavy (non-hydrogen) atoms. The van der Waals surface area contributed by atoms with Crippen molar-refractivity contribution in [1.29, 1.82) is 0 Å². The van der Waals surface area contributed by atoms with E-state index in [-0.39, 0.29) is 6.61 Å². The minimum Gasteiger partial charge on any atom is -0.394 e. The van der Waals surface area contributed by atoms with Gasteiger partial charge in [-0.2, -0.15) is 0 Å². The Kier molecular flexibility index (Phi) is 5.03. The highest BCUT2D eigenvalue weighted by atomic mass is 32.1. The molecule has 0 aliphatic heterocycles. The zero-order valence-corrected chi connectivity index (χ0v) is 9.05. The molecule has 4 nitrogen and oxygen atoms in total. The molecule has 0 aliphatic rings. The van der Waals surface area contributed by atoms with E-state index in [2.05, 4.69) is 17.2 Å². The average molecular weight is 216 g/mol. The van der Waals surface area contributed by atoms with Crippen LogP contribution < -0.4 is 5.32 Å². The standard InChI is InChI=1S/C9H16N2O2S/c1-2-9-11-7(6-14-9)3-10-4-8(13)5-12/h6,8,10,12-13H,2-5H2,1H3. The van der Waals surface area contributed by atoms with Gasteiger partial charge in [-0.1, -0.05) is 6.92 Å². The van der Waals surface area contributed by atoms with Crippen molar-refractivity contribution in [3.05, 3.63) is 16.1 Å². The summed E-state index contributed by atoms with van der Waals surface area (Å²) in [6.45, 7) is 2.92. The van der Waals surface area contributed by atoms with Crippen LogP contribution in [0.25, 0.3) is 0 Å². The van der Waals surface area contributed by atoms with E-state index in [1.807, 2.05) is 5.38 Å². The van der Waals surface area contributed by atoms with Crippen molar-refractivity contribution in [3.8, 4) is 0 Å². The first kappa shape index (κ1) is 11.6. The van der Waals surface area contributed by atoms with Gasteiger partial charge in [-0.25, -0.2) is 4.98 Å². The van der Waals surface area contributed by atoms with Gasteiger partial charge in [-0.15, -0.1) is 11.3 Å². The Morgan fingerprint density at radius 1 is 1.64 bits per heavy atom. The zero-order valence-electron chi connectivity index (χ0n) is 8.23. The average Bonchev–Trinajstić information content (AvgIpc) is 2.65. The van der Waals surface area contributed by atoms with E-state index < -0.39 is 6.10 Å². The third-order valence-electron chi connectivity index (χ3n) is 1.80. The molecule has 0 aliphatic carbocycles. The minimum atomic E-state index is -0.681. The first-order chi connectivity index (χ1) is 6.76. The van der Waals surface area contributed by atoms with Crippen molar-refractivity contribution in [2.75, 3.05) is 13.2 Å². The Balaban J connectivity index is 2.24. The molecule has 1 aromatic rings. The van der Waals surface area contributed by atoms with E-state index in [0.29, 0.717) is 13.1 Å². The van der Waals surface area contributed by atoms with E-state index in [4.69, 9.17) is 10.2 Å². The first-order valence-corrected chi connectivity index (χ1v) is 5.57. The lowest BCUT2D eigenvalue weighted by Crippen LogP contribution is -2.29. The summed E-state index contributed by atoms with van der Waals surface area (Å²) in [6, 6.07) is 0. The molecule has 1 atom stereocenters. The number of aryl methyl sites for hydroxylation is 1. The van der Waals surface area contributed by atoms with Crippen LogP contribution in [0.5, 0.6) is 0 Å². The molecule has 80 valence electrons. The van der Waals surface area contributed by atoms with Crippen molar-refractivity contribution in [1.82, 2.24) is 10.3 Å². The van der Waals surface area contributed by atoms with Gasteiger partial charge >= 0.3 is 0 Å². The molecular weight excluding hydrogens is 200 g/mol. The van der Waals surface area contributed by atoms with Gasteiger partial charge in [0.05, 0.1) is 23.4 Å². The lowest BCUT2D eigenvalue weighted by molar-refractivity contribution is 0.0941. The second-order valence-electron chi connectivity index (χ2n) is 3.05. The lowest BCUT2D eigenvalue weighted by Gasteiger charge is -2.06. The van der Waals surface area contributed by atoms with Gasteiger partial charge in [0.2, 0.25) is 0 Å². The molecule has 0 saturated carbocycles. The second kappa shape index (κ2) is 6.08. The maximum atomic E-state index is 9.06. The van der Waals surface area contributed by atoms with Gasteiger partial charge in [-0.05, 0) is 6.42 Å². The van der Waals surface area contributed by atoms with Crippen molar-refractivity contribution in [3.63, 3.8) is 0 Å². The predicted molar refractivity (Wildman–Crippen MR) is 56.3 cm³/mol. The molecular formula is C9H16N2O2S. The van der Waals surface area contributed by atoms with E-state index in [1.54, 1.807) is 11.3 Å². The van der Waals surface area contributed by atoms with Crippen LogP contribution in [0.1, 0.15) is 17.6 Å². The maximum Gasteiger partial charge on any atom is 0.0926 e. The van der Waals surface area contributed by atoms with Crippen LogP contribution in [-0.4, -0.2) is 34.5 Å². The first-order valence-electron chi connectivity index (χ1n) is 4.69. The van der Waals surface area contributed by atoms with Crippen LogP contribution in [-0.2, 0) is 13.0 Å². The maximum absolute atomic E-state index is 9.06. The summed E-state index contributed by atoms with van der Waals surface area (Å²) >= 11 is 1.65. The van der Waals surface area contributed by atoms with Crippen LogP contribution >= 0.6 is 11.3 Å². The van der Waals surface area contributed by atoms with Gasteiger partial charge in [0.25, 0.3) is 0 Å². The molecule has 1 aromatic heterocycles. The number of aliphatic hydroxyl groups is 2. The molecule has 1 heterocycles. The van der Waals surface area contributed by atoms with Crippen molar-refractivity contribution >= 4 is 11.3 Å². The Morgan fingerprint density at radius 2 is 2.43 bits per heavy atom. The normalized spacial score (nSPS) is 13.1. The monoisotopic (exact) mass is 216 g/mol. The Labute approximate surface area is 87.6 Å². The summed E-state index contributed by atoms with van der Waals surface area (Å²) in [5, 5.41) is 23.8. The van der Waals surface area contributed by atoms with Crippen molar-refractivity contribution in [2.24, 2.45) is 0 Å². The quantitative estimate of drug-likeness (QED) is 0.633. The fraction of sp³-hybridized carbons (Fsp3) is 0.667. The summed E-state index contributed by atoms with van der Waals surface area (Å²) in [5.41, 5.74) is 0.997. The summed E-state index contributed by atoms with van der Waals surface area (Å²) in [6.07, 6.45) is 0.281. The SMILES string of the molecule is CCc1nc(CNCC(O)CO)cs1. The number of hydrogen-bond acceptors (Lipinski definition) is 5. The summed E-state index contributed by atoms with van der Waals surface area (Å²) in [4.78, 5) is 4.36. The molecule has 0 aromatic carbocycles. The topological polar surface area (TPSA) is 65.4 Å². The third-order valence-corrected chi connectivity index (χ3v) is 2.84. The highest BCUT2D eigenvalue weighted by molar-refractivity contribution is 7.09. The summed E-state index contributed by atoms with van der Waals surface area (Å²) in [7, 11) is 0. The van der Waals surface area contributed by atoms with Crippen molar-refractivity contribution in [2.45, 2.75) is 26.0 Å². The molecule has 0 amide bonds. The second-order valence-corrected chi connectivity index (χ2v) is 4.00. The van der Waals surface area contributed by atoms with Gasteiger partial charge in [0, 0.05) is 18.5 Å². The molecule has 1 unspecified atom stereocenters. The molecule has 0 saturated heterocycles. The highest BCUT2D eigenvalue weighted by Crippen LogP contribution is 2.09. The minimum absolute atomic E-state index is 0.204. The number of rotatable bonds is 6. The summed E-state index contributed by atoms with van der Waals surface area (Å²) in [5.74, 6) is 0. The van der Waals surface area contributed by atoms with Gasteiger partial charge in [0.15, 0.2) is 0 Å². The molecule has 3 N–H and O–H groups in total. The third kappa shape index (κ3) is 3.71.